The number of hydrogen-bond donors (Lipinski definition) is 0. The van der Waals surface area contributed by atoms with Crippen molar-refractivity contribution in [3.8, 4) is 0 Å². The van der Waals surface area contributed by atoms with Crippen molar-refractivity contribution in [2.45, 2.75) is 62.4 Å². The first-order valence-electron chi connectivity index (χ1n) is 8.89. The third-order valence-electron chi connectivity index (χ3n) is 4.87. The van der Waals surface area contributed by atoms with Gasteiger partial charge < -0.3 is 4.74 Å². The number of carbonyl (C=O) groups is 1. The summed E-state index contributed by atoms with van der Waals surface area (Å²) in [6.07, 6.45) is 7.74. The van der Waals surface area contributed by atoms with E-state index < -0.39 is 16.0 Å². The second-order valence-corrected chi connectivity index (χ2v) is 8.53. The Morgan fingerprint density at radius 1 is 0.958 bits per heavy atom. The highest BCUT2D eigenvalue weighted by atomic mass is 32.2. The van der Waals surface area contributed by atoms with Gasteiger partial charge in [0.1, 0.15) is 6.10 Å². The minimum Gasteiger partial charge on any atom is -0.459 e. The fourth-order valence-corrected chi connectivity index (χ4v) is 5.20. The standard InChI is InChI=1S/C18H25NO4S/c20-18(23-15-9-3-1-4-10-15)16-11-5-6-12-17(16)24(21,22)19-13-7-2-8-14-19/h5-6,11-12,15H,1-4,7-10,13-14H2. The fraction of sp³-hybridized carbons (Fsp3) is 0.611. The highest BCUT2D eigenvalue weighted by molar-refractivity contribution is 7.89. The Kier molecular flexibility index (Phi) is 5.56. The van der Waals surface area contributed by atoms with Crippen molar-refractivity contribution in [1.82, 2.24) is 4.31 Å². The molecule has 0 amide bonds. The predicted molar refractivity (Wildman–Crippen MR) is 91.3 cm³/mol. The maximum Gasteiger partial charge on any atom is 0.339 e. The molecule has 24 heavy (non-hydrogen) atoms. The Balaban J connectivity index is 1.82. The smallest absolute Gasteiger partial charge is 0.339 e. The SMILES string of the molecule is O=C(OC1CCCCC1)c1ccccc1S(=O)(=O)N1CCCCC1. The van der Waals surface area contributed by atoms with Crippen LogP contribution in [-0.2, 0) is 14.8 Å². The van der Waals surface area contributed by atoms with Crippen molar-refractivity contribution in [3.05, 3.63) is 29.8 Å². The lowest BCUT2D eigenvalue weighted by Crippen LogP contribution is -2.36. The van der Waals surface area contributed by atoms with Crippen LogP contribution in [0.15, 0.2) is 29.2 Å². The number of benzene rings is 1. The molecule has 1 aliphatic carbocycles. The molecule has 2 aliphatic rings. The molecular formula is C18H25NO4S. The van der Waals surface area contributed by atoms with Gasteiger partial charge in [0.25, 0.3) is 0 Å². The number of rotatable bonds is 4. The average Bonchev–Trinajstić information content (AvgIpc) is 2.63. The maximum atomic E-state index is 12.9. The van der Waals surface area contributed by atoms with E-state index in [-0.39, 0.29) is 16.6 Å². The summed E-state index contributed by atoms with van der Waals surface area (Å²) in [5, 5.41) is 0. The highest BCUT2D eigenvalue weighted by Gasteiger charge is 2.31. The summed E-state index contributed by atoms with van der Waals surface area (Å²) in [5.74, 6) is -0.516. The zero-order chi connectivity index (χ0) is 17.0. The minimum atomic E-state index is -3.65. The molecule has 2 fully saturated rings. The van der Waals surface area contributed by atoms with Gasteiger partial charge in [0, 0.05) is 13.1 Å². The van der Waals surface area contributed by atoms with Crippen LogP contribution < -0.4 is 0 Å². The van der Waals surface area contributed by atoms with E-state index in [9.17, 15) is 13.2 Å². The zero-order valence-corrected chi connectivity index (χ0v) is 14.8. The molecule has 1 aromatic rings. The van der Waals surface area contributed by atoms with Gasteiger partial charge in [-0.25, -0.2) is 13.2 Å². The van der Waals surface area contributed by atoms with Gasteiger partial charge in [-0.3, -0.25) is 0 Å². The van der Waals surface area contributed by atoms with Crippen molar-refractivity contribution in [3.63, 3.8) is 0 Å². The van der Waals surface area contributed by atoms with E-state index in [1.165, 1.54) is 16.8 Å². The van der Waals surface area contributed by atoms with Crippen molar-refractivity contribution in [1.29, 1.82) is 0 Å². The Bertz CT molecular complexity index is 674. The minimum absolute atomic E-state index is 0.0766. The van der Waals surface area contributed by atoms with Gasteiger partial charge >= 0.3 is 5.97 Å². The number of esters is 1. The third-order valence-corrected chi connectivity index (χ3v) is 6.82. The van der Waals surface area contributed by atoms with Gasteiger partial charge in [-0.05, 0) is 50.7 Å². The van der Waals surface area contributed by atoms with E-state index in [1.54, 1.807) is 18.2 Å². The Morgan fingerprint density at radius 3 is 2.29 bits per heavy atom. The molecule has 1 heterocycles. The molecule has 1 aromatic carbocycles. The van der Waals surface area contributed by atoms with E-state index in [1.807, 2.05) is 0 Å². The number of nitrogens with zero attached hydrogens (tertiary/aromatic N) is 1. The topological polar surface area (TPSA) is 63.7 Å². The van der Waals surface area contributed by atoms with Gasteiger partial charge in [-0.2, -0.15) is 4.31 Å². The van der Waals surface area contributed by atoms with Crippen LogP contribution in [0.3, 0.4) is 0 Å². The zero-order valence-electron chi connectivity index (χ0n) is 13.9. The molecule has 0 bridgehead atoms. The van der Waals surface area contributed by atoms with E-state index in [4.69, 9.17) is 4.74 Å². The molecule has 6 heteroatoms. The quantitative estimate of drug-likeness (QED) is 0.781. The van der Waals surface area contributed by atoms with Gasteiger partial charge in [0.05, 0.1) is 10.5 Å². The number of hydrogen-bond acceptors (Lipinski definition) is 4. The molecule has 0 atom stereocenters. The summed E-state index contributed by atoms with van der Waals surface area (Å²) >= 11 is 0. The monoisotopic (exact) mass is 351 g/mol. The Morgan fingerprint density at radius 2 is 1.58 bits per heavy atom. The van der Waals surface area contributed by atoms with Crippen LogP contribution in [-0.4, -0.2) is 37.9 Å². The Labute approximate surface area is 144 Å². The number of piperidine rings is 1. The second-order valence-electron chi connectivity index (χ2n) is 6.63. The predicted octanol–water partition coefficient (Wildman–Crippen LogP) is 3.35. The van der Waals surface area contributed by atoms with E-state index >= 15 is 0 Å². The molecule has 5 nitrogen and oxygen atoms in total. The molecule has 0 aromatic heterocycles. The van der Waals surface area contributed by atoms with E-state index in [0.717, 1.165) is 44.9 Å². The van der Waals surface area contributed by atoms with Crippen LogP contribution >= 0.6 is 0 Å². The Hall–Kier alpha value is -1.40. The normalized spacial score (nSPS) is 20.7. The van der Waals surface area contributed by atoms with Crippen LogP contribution in [0.1, 0.15) is 61.7 Å². The molecule has 1 saturated heterocycles. The van der Waals surface area contributed by atoms with Crippen LogP contribution in [0.2, 0.25) is 0 Å². The molecule has 0 radical (unpaired) electrons. The summed E-state index contributed by atoms with van der Waals surface area (Å²) in [6.45, 7) is 1.04. The molecule has 1 saturated carbocycles. The molecule has 1 aliphatic heterocycles. The van der Waals surface area contributed by atoms with Crippen LogP contribution in [0.4, 0.5) is 0 Å². The van der Waals surface area contributed by atoms with Crippen molar-refractivity contribution >= 4 is 16.0 Å². The van der Waals surface area contributed by atoms with Crippen molar-refractivity contribution in [2.24, 2.45) is 0 Å². The van der Waals surface area contributed by atoms with Crippen LogP contribution in [0.5, 0.6) is 0 Å². The summed E-state index contributed by atoms with van der Waals surface area (Å²) in [5.41, 5.74) is 0.161. The summed E-state index contributed by atoms with van der Waals surface area (Å²) in [4.78, 5) is 12.6. The largest absolute Gasteiger partial charge is 0.459 e. The van der Waals surface area contributed by atoms with Crippen molar-refractivity contribution in [2.75, 3.05) is 13.1 Å². The van der Waals surface area contributed by atoms with Crippen LogP contribution in [0, 0.1) is 0 Å². The average molecular weight is 351 g/mol. The molecule has 0 unspecified atom stereocenters. The maximum absolute atomic E-state index is 12.9. The first-order chi connectivity index (χ1) is 11.6. The summed E-state index contributed by atoms with van der Waals surface area (Å²) < 4.78 is 32.9. The molecule has 132 valence electrons. The van der Waals surface area contributed by atoms with E-state index in [0.29, 0.717) is 13.1 Å². The lowest BCUT2D eigenvalue weighted by Gasteiger charge is -2.27. The van der Waals surface area contributed by atoms with Crippen molar-refractivity contribution < 1.29 is 17.9 Å². The van der Waals surface area contributed by atoms with Gasteiger partial charge in [-0.1, -0.05) is 25.0 Å². The highest BCUT2D eigenvalue weighted by Crippen LogP contribution is 2.26. The van der Waals surface area contributed by atoms with Gasteiger partial charge in [0.2, 0.25) is 10.0 Å². The second kappa shape index (κ2) is 7.66. The summed E-state index contributed by atoms with van der Waals surface area (Å²) in [6, 6.07) is 6.42. The first-order valence-corrected chi connectivity index (χ1v) is 10.3. The lowest BCUT2D eigenvalue weighted by molar-refractivity contribution is 0.0206. The number of carbonyl (C=O) groups excluding carboxylic acids is 1. The van der Waals surface area contributed by atoms with Crippen LogP contribution in [0.25, 0.3) is 0 Å². The lowest BCUT2D eigenvalue weighted by atomic mass is 9.98. The number of sulfonamides is 1. The molecule has 0 N–H and O–H groups in total. The molecule has 0 spiro atoms. The van der Waals surface area contributed by atoms with Gasteiger partial charge in [0.15, 0.2) is 0 Å². The van der Waals surface area contributed by atoms with Gasteiger partial charge in [-0.15, -0.1) is 0 Å². The van der Waals surface area contributed by atoms with E-state index in [2.05, 4.69) is 0 Å². The number of ether oxygens (including phenoxy) is 1. The third kappa shape index (κ3) is 3.81. The fourth-order valence-electron chi connectivity index (χ4n) is 3.50. The first kappa shape index (κ1) is 17.4. The molecular weight excluding hydrogens is 326 g/mol. The molecule has 3 rings (SSSR count). The summed E-state index contributed by atoms with van der Waals surface area (Å²) in [7, 11) is -3.65.